The van der Waals surface area contributed by atoms with Crippen molar-refractivity contribution in [1.29, 1.82) is 0 Å². The largest absolute Gasteiger partial charge is 1.00 e. The number of benzene rings is 2. The van der Waals surface area contributed by atoms with Crippen LogP contribution in [0.3, 0.4) is 0 Å². The molecule has 0 unspecified atom stereocenters. The van der Waals surface area contributed by atoms with Crippen LogP contribution in [0.15, 0.2) is 58.6 Å². The summed E-state index contributed by atoms with van der Waals surface area (Å²) < 4.78 is 70.9. The minimum Gasteiger partial charge on any atom is -0.744 e. The Morgan fingerprint density at radius 2 is 1.62 bits per heavy atom. The third-order valence-corrected chi connectivity index (χ3v) is 7.27. The number of rotatable bonds is 6. The number of hydrogen-bond donors (Lipinski definition) is 4. The van der Waals surface area contributed by atoms with Crippen molar-refractivity contribution in [2.45, 2.75) is 16.7 Å². The Hall–Kier alpha value is -2.18. The van der Waals surface area contributed by atoms with Gasteiger partial charge in [0.15, 0.2) is 0 Å². The van der Waals surface area contributed by atoms with Gasteiger partial charge < -0.3 is 35.0 Å². The van der Waals surface area contributed by atoms with Gasteiger partial charge in [-0.05, 0) is 42.6 Å². The Balaban J connectivity index is 0.00000267. The van der Waals surface area contributed by atoms with Crippen molar-refractivity contribution >= 4 is 59.9 Å². The Kier molecular flexibility index (Phi) is 10.3. The molecule has 0 aliphatic rings. The fourth-order valence-electron chi connectivity index (χ4n) is 3.78. The number of hydrogen-bond acceptors (Lipinski definition) is 9. The van der Waals surface area contributed by atoms with E-state index in [-0.39, 0.29) is 81.3 Å². The number of H-pyrrole nitrogens is 1. The Morgan fingerprint density at radius 1 is 0.949 bits per heavy atom. The van der Waals surface area contributed by atoms with Gasteiger partial charge in [-0.2, -0.15) is 0 Å². The molecule has 0 spiro atoms. The van der Waals surface area contributed by atoms with Gasteiger partial charge >= 0.3 is 59.1 Å². The van der Waals surface area contributed by atoms with Crippen molar-refractivity contribution in [3.8, 4) is 0 Å². The van der Waals surface area contributed by atoms with Crippen molar-refractivity contribution < 1.29 is 94.6 Å². The van der Waals surface area contributed by atoms with Gasteiger partial charge in [-0.25, -0.2) is 16.8 Å². The van der Waals surface area contributed by atoms with Gasteiger partial charge in [0.2, 0.25) is 0 Å². The molecule has 0 bridgehead atoms. The number of nitrogens with zero attached hydrogens (tertiary/aromatic N) is 1. The molecule has 4 aromatic rings. The SMILES string of the molecule is Cc1c(NC(=O)c2cc(N)cn2C)c[nH]c1C(=O)Nc1ccc2cc(S(=O)(=O)[O-])cc(S(=O)(=O)[O-])c2c1.[Na+].[Na+]. The Morgan fingerprint density at radius 3 is 2.18 bits per heavy atom. The van der Waals surface area contributed by atoms with E-state index in [0.717, 1.165) is 6.07 Å². The van der Waals surface area contributed by atoms with Crippen LogP contribution < -0.4 is 75.5 Å². The maximum Gasteiger partial charge on any atom is 1.00 e. The van der Waals surface area contributed by atoms with E-state index in [1.54, 1.807) is 24.7 Å². The van der Waals surface area contributed by atoms with Crippen LogP contribution in [0.5, 0.6) is 0 Å². The van der Waals surface area contributed by atoms with E-state index in [9.17, 15) is 35.5 Å². The molecule has 13 nitrogen and oxygen atoms in total. The van der Waals surface area contributed by atoms with Crippen LogP contribution in [0.1, 0.15) is 26.5 Å². The molecule has 194 valence electrons. The maximum absolute atomic E-state index is 12.9. The first-order chi connectivity index (χ1) is 17.1. The number of nitrogen functional groups attached to an aromatic ring is 1. The molecule has 2 aromatic carbocycles. The summed E-state index contributed by atoms with van der Waals surface area (Å²) in [6.07, 6.45) is 2.99. The van der Waals surface area contributed by atoms with E-state index in [4.69, 9.17) is 5.73 Å². The average Bonchev–Trinajstić information content (AvgIpc) is 3.32. The molecule has 17 heteroatoms. The molecule has 0 aliphatic carbocycles. The molecule has 0 saturated heterocycles. The summed E-state index contributed by atoms with van der Waals surface area (Å²) in [6.45, 7) is 1.59. The van der Waals surface area contributed by atoms with Crippen LogP contribution in [0.2, 0.25) is 0 Å². The van der Waals surface area contributed by atoms with Crippen molar-refractivity contribution in [1.82, 2.24) is 9.55 Å². The monoisotopic (exact) mass is 591 g/mol. The summed E-state index contributed by atoms with van der Waals surface area (Å²) in [4.78, 5) is 26.4. The summed E-state index contributed by atoms with van der Waals surface area (Å²) in [5.41, 5.74) is 7.32. The van der Waals surface area contributed by atoms with Crippen LogP contribution >= 0.6 is 0 Å². The predicted molar refractivity (Wildman–Crippen MR) is 131 cm³/mol. The summed E-state index contributed by atoms with van der Waals surface area (Å²) in [6, 6.07) is 6.68. The second-order valence-electron chi connectivity index (χ2n) is 8.15. The van der Waals surface area contributed by atoms with Gasteiger partial charge in [0.1, 0.15) is 31.6 Å². The molecule has 0 fully saturated rings. The zero-order valence-electron chi connectivity index (χ0n) is 21.2. The first-order valence-electron chi connectivity index (χ1n) is 10.4. The fourth-order valence-corrected chi connectivity index (χ4v) is 5.11. The topological polar surface area (TPSA) is 219 Å². The van der Waals surface area contributed by atoms with Crippen LogP contribution in [-0.4, -0.2) is 47.3 Å². The number of fused-ring (bicyclic) bond motifs is 1. The molecule has 0 aliphatic heterocycles. The molecular formula is C22H19N5Na2O8S2. The number of aromatic nitrogens is 2. The molecule has 39 heavy (non-hydrogen) atoms. The third kappa shape index (κ3) is 7.13. The van der Waals surface area contributed by atoms with Gasteiger partial charge in [-0.3, -0.25) is 9.59 Å². The van der Waals surface area contributed by atoms with Crippen LogP contribution in [-0.2, 0) is 27.3 Å². The standard InChI is InChI=1S/C22H21N5O8S2.2Na/c1-11-17(26-21(28)18-6-13(23)10-27(18)2)9-24-20(11)22(29)25-14-4-3-12-5-15(36(30,31)32)8-19(16(12)7-14)37(33,34)35;;/h3-10,24H,23H2,1-2H3,(H,25,29)(H,26,28)(H,30,31,32)(H,33,34,35);;/q;2*+1/p-2. The quantitative estimate of drug-likeness (QED) is 0.126. The molecule has 0 saturated carbocycles. The van der Waals surface area contributed by atoms with Gasteiger partial charge in [0.05, 0.1) is 21.2 Å². The van der Waals surface area contributed by atoms with Crippen molar-refractivity contribution in [3.05, 3.63) is 65.7 Å². The van der Waals surface area contributed by atoms with Gasteiger partial charge in [-0.1, -0.05) is 6.07 Å². The number of nitrogens with two attached hydrogens (primary N) is 1. The molecule has 5 N–H and O–H groups in total. The van der Waals surface area contributed by atoms with Crippen molar-refractivity contribution in [2.75, 3.05) is 16.4 Å². The van der Waals surface area contributed by atoms with E-state index in [1.165, 1.54) is 30.5 Å². The fraction of sp³-hybridized carbons (Fsp3) is 0.0909. The first-order valence-corrected chi connectivity index (χ1v) is 13.2. The second-order valence-corrected chi connectivity index (χ2v) is 10.9. The molecule has 4 rings (SSSR count). The van der Waals surface area contributed by atoms with E-state index in [0.29, 0.717) is 28.7 Å². The van der Waals surface area contributed by atoms with Gasteiger partial charge in [-0.15, -0.1) is 0 Å². The minimum atomic E-state index is -5.17. The molecule has 0 radical (unpaired) electrons. The number of anilines is 3. The zero-order valence-corrected chi connectivity index (χ0v) is 26.9. The summed E-state index contributed by atoms with van der Waals surface area (Å²) in [5, 5.41) is 5.04. The van der Waals surface area contributed by atoms with Crippen LogP contribution in [0, 0.1) is 6.92 Å². The zero-order chi connectivity index (χ0) is 27.3. The number of carbonyl (C=O) groups is 2. The van der Waals surface area contributed by atoms with Crippen molar-refractivity contribution in [2.24, 2.45) is 7.05 Å². The summed E-state index contributed by atoms with van der Waals surface area (Å²) in [5.74, 6) is -1.10. The molecule has 0 atom stereocenters. The van der Waals surface area contributed by atoms with Crippen molar-refractivity contribution in [3.63, 3.8) is 0 Å². The molecular weight excluding hydrogens is 572 g/mol. The van der Waals surface area contributed by atoms with Crippen LogP contribution in [0.4, 0.5) is 17.1 Å². The molecule has 2 aromatic heterocycles. The van der Waals surface area contributed by atoms with Crippen LogP contribution in [0.25, 0.3) is 10.8 Å². The third-order valence-electron chi connectivity index (χ3n) is 5.58. The Labute approximate surface area is 267 Å². The van der Waals surface area contributed by atoms with E-state index in [2.05, 4.69) is 15.6 Å². The molecule has 2 heterocycles. The van der Waals surface area contributed by atoms with Gasteiger partial charge in [0.25, 0.3) is 11.8 Å². The summed E-state index contributed by atoms with van der Waals surface area (Å²) in [7, 11) is -8.55. The maximum atomic E-state index is 12.9. The second kappa shape index (κ2) is 12.1. The summed E-state index contributed by atoms with van der Waals surface area (Å²) >= 11 is 0. The molecule has 2 amide bonds. The number of carbonyl (C=O) groups excluding carboxylic acids is 2. The van der Waals surface area contributed by atoms with E-state index >= 15 is 0 Å². The minimum absolute atomic E-state index is 0. The predicted octanol–water partition coefficient (Wildman–Crippen LogP) is -4.28. The average molecular weight is 592 g/mol. The number of amides is 2. The smallest absolute Gasteiger partial charge is 0.744 e. The van der Waals surface area contributed by atoms with E-state index in [1.807, 2.05) is 0 Å². The Bertz CT molecular complexity index is 1820. The number of aryl methyl sites for hydroxylation is 1. The number of aromatic amines is 1. The normalized spacial score (nSPS) is 11.4. The van der Waals surface area contributed by atoms with E-state index < -0.39 is 41.8 Å². The first kappa shape index (κ1) is 33.0. The number of nitrogens with one attached hydrogen (secondary N) is 3. The van der Waals surface area contributed by atoms with Gasteiger partial charge in [0, 0.05) is 36.1 Å².